The Morgan fingerprint density at radius 1 is 1.17 bits per heavy atom. The normalized spacial score (nSPS) is 11.1. The molecule has 4 rings (SSSR count). The van der Waals surface area contributed by atoms with Crippen LogP contribution >= 0.6 is 0 Å². The first-order chi connectivity index (χ1) is 17.2. The fourth-order valence-electron chi connectivity index (χ4n) is 3.59. The van der Waals surface area contributed by atoms with Gasteiger partial charge in [-0.2, -0.15) is 10.4 Å². The molecule has 4 aromatic rings. The number of rotatable bonds is 10. The number of carbonyl (C=O) groups is 1. The number of aromatic nitrogens is 4. The topological polar surface area (TPSA) is 97.8 Å². The van der Waals surface area contributed by atoms with Gasteiger partial charge >= 0.3 is 0 Å². The van der Waals surface area contributed by atoms with Crippen molar-refractivity contribution in [3.8, 4) is 28.8 Å². The van der Waals surface area contributed by atoms with Gasteiger partial charge in [0.15, 0.2) is 0 Å². The van der Waals surface area contributed by atoms with Crippen molar-refractivity contribution >= 4 is 12.0 Å². The summed E-state index contributed by atoms with van der Waals surface area (Å²) in [5, 5.41) is 17.3. The lowest BCUT2D eigenvalue weighted by Crippen LogP contribution is -2.26. The molecule has 0 aliphatic heterocycles. The van der Waals surface area contributed by atoms with E-state index in [1.165, 1.54) is 0 Å². The van der Waals surface area contributed by atoms with E-state index in [1.807, 2.05) is 84.6 Å². The number of amides is 1. The van der Waals surface area contributed by atoms with Crippen molar-refractivity contribution in [2.45, 2.75) is 19.9 Å². The van der Waals surface area contributed by atoms with Crippen LogP contribution in [0.4, 0.5) is 0 Å². The van der Waals surface area contributed by atoms with Crippen LogP contribution < -0.4 is 10.1 Å². The first-order valence-electron chi connectivity index (χ1n) is 11.4. The Bertz CT molecular complexity index is 1320. The zero-order valence-corrected chi connectivity index (χ0v) is 19.5. The predicted octanol–water partition coefficient (Wildman–Crippen LogP) is 4.25. The Labute approximate surface area is 204 Å². The van der Waals surface area contributed by atoms with Gasteiger partial charge < -0.3 is 14.6 Å². The molecular formula is C27H26N6O2. The van der Waals surface area contributed by atoms with Crippen LogP contribution in [0.5, 0.6) is 5.75 Å². The minimum atomic E-state index is -0.414. The summed E-state index contributed by atoms with van der Waals surface area (Å²) in [5.41, 5.74) is 3.09. The van der Waals surface area contributed by atoms with Crippen molar-refractivity contribution in [3.05, 3.63) is 90.7 Å². The minimum Gasteiger partial charge on any atom is -0.494 e. The summed E-state index contributed by atoms with van der Waals surface area (Å²) < 4.78 is 9.23. The molecule has 1 amide bonds. The second-order valence-electron chi connectivity index (χ2n) is 7.75. The molecule has 0 aliphatic rings. The average Bonchev–Trinajstić information content (AvgIpc) is 3.56. The molecule has 0 bridgehead atoms. The zero-order valence-electron chi connectivity index (χ0n) is 19.5. The van der Waals surface area contributed by atoms with Crippen molar-refractivity contribution in [1.29, 1.82) is 5.26 Å². The number of nitriles is 1. The Morgan fingerprint density at radius 2 is 1.97 bits per heavy atom. The van der Waals surface area contributed by atoms with Crippen molar-refractivity contribution in [2.24, 2.45) is 0 Å². The van der Waals surface area contributed by atoms with Gasteiger partial charge in [-0.25, -0.2) is 9.67 Å². The summed E-state index contributed by atoms with van der Waals surface area (Å²) in [5.74, 6) is 0.354. The number of benzene rings is 2. The number of nitrogens with zero attached hydrogens (tertiary/aromatic N) is 5. The molecule has 0 saturated carbocycles. The van der Waals surface area contributed by atoms with Crippen molar-refractivity contribution in [2.75, 3.05) is 13.2 Å². The molecule has 35 heavy (non-hydrogen) atoms. The first-order valence-corrected chi connectivity index (χ1v) is 11.4. The summed E-state index contributed by atoms with van der Waals surface area (Å²) in [4.78, 5) is 16.7. The summed E-state index contributed by atoms with van der Waals surface area (Å²) in [6.07, 6.45) is 9.45. The number of carbonyl (C=O) groups excluding carboxylic acids is 1. The highest BCUT2D eigenvalue weighted by Crippen LogP contribution is 2.27. The van der Waals surface area contributed by atoms with Crippen LogP contribution in [0.2, 0.25) is 0 Å². The second kappa shape index (κ2) is 11.5. The van der Waals surface area contributed by atoms with Crippen LogP contribution in [0.15, 0.2) is 85.1 Å². The highest BCUT2D eigenvalue weighted by molar-refractivity contribution is 6.02. The lowest BCUT2D eigenvalue weighted by atomic mass is 10.1. The molecule has 2 aromatic carbocycles. The Balaban J connectivity index is 1.58. The van der Waals surface area contributed by atoms with E-state index >= 15 is 0 Å². The van der Waals surface area contributed by atoms with Gasteiger partial charge in [0, 0.05) is 42.8 Å². The summed E-state index contributed by atoms with van der Waals surface area (Å²) in [6.45, 7) is 3.70. The second-order valence-corrected chi connectivity index (χ2v) is 7.75. The quantitative estimate of drug-likeness (QED) is 0.214. The highest BCUT2D eigenvalue weighted by Gasteiger charge is 2.15. The van der Waals surface area contributed by atoms with Crippen molar-refractivity contribution < 1.29 is 9.53 Å². The Kier molecular flexibility index (Phi) is 7.71. The lowest BCUT2D eigenvalue weighted by molar-refractivity contribution is -0.117. The molecule has 0 fully saturated rings. The third-order valence-electron chi connectivity index (χ3n) is 5.30. The van der Waals surface area contributed by atoms with Crippen LogP contribution in [0.25, 0.3) is 23.0 Å². The number of ether oxygens (including phenoxy) is 1. The number of imidazole rings is 1. The van der Waals surface area contributed by atoms with Gasteiger partial charge in [0.25, 0.3) is 5.91 Å². The molecule has 0 atom stereocenters. The molecule has 8 nitrogen and oxygen atoms in total. The number of aryl methyl sites for hydroxylation is 1. The first kappa shape index (κ1) is 23.5. The smallest absolute Gasteiger partial charge is 0.261 e. The number of hydrogen-bond donors (Lipinski definition) is 1. The Morgan fingerprint density at radius 3 is 2.66 bits per heavy atom. The number of para-hydroxylation sites is 1. The molecule has 176 valence electrons. The molecule has 2 heterocycles. The maximum absolute atomic E-state index is 12.7. The summed E-state index contributed by atoms with van der Waals surface area (Å²) in [6, 6.07) is 19.3. The van der Waals surface area contributed by atoms with E-state index in [1.54, 1.807) is 23.3 Å². The fourth-order valence-corrected chi connectivity index (χ4v) is 3.59. The van der Waals surface area contributed by atoms with E-state index in [-0.39, 0.29) is 5.57 Å². The van der Waals surface area contributed by atoms with E-state index in [0.29, 0.717) is 24.4 Å². The van der Waals surface area contributed by atoms with Crippen LogP contribution in [0, 0.1) is 11.3 Å². The molecule has 0 unspecified atom stereocenters. The lowest BCUT2D eigenvalue weighted by Gasteiger charge is -2.06. The van der Waals surface area contributed by atoms with Gasteiger partial charge in [-0.05, 0) is 55.8 Å². The Hall–Kier alpha value is -4.64. The summed E-state index contributed by atoms with van der Waals surface area (Å²) >= 11 is 0. The van der Waals surface area contributed by atoms with E-state index in [9.17, 15) is 10.1 Å². The van der Waals surface area contributed by atoms with Gasteiger partial charge in [-0.1, -0.05) is 18.2 Å². The molecule has 8 heteroatoms. The van der Waals surface area contributed by atoms with E-state index in [0.717, 1.165) is 30.0 Å². The molecule has 2 aromatic heterocycles. The molecular weight excluding hydrogens is 440 g/mol. The molecule has 0 saturated heterocycles. The number of hydrogen-bond acceptors (Lipinski definition) is 5. The van der Waals surface area contributed by atoms with Gasteiger partial charge in [0.05, 0.1) is 24.3 Å². The molecule has 0 radical (unpaired) electrons. The SMILES string of the molecule is CCOc1ccc(-c2nn(-c3ccccc3)cc2C=C(C#N)C(=O)NCCCn2ccnc2)cc1. The van der Waals surface area contributed by atoms with Gasteiger partial charge in [-0.15, -0.1) is 0 Å². The van der Waals surface area contributed by atoms with Crippen molar-refractivity contribution in [3.63, 3.8) is 0 Å². The highest BCUT2D eigenvalue weighted by atomic mass is 16.5. The standard InChI is InChI=1S/C27H26N6O2/c1-2-35-25-11-9-21(10-12-25)26-23(19-33(31-26)24-7-4-3-5-8-24)17-22(18-28)27(34)30-13-6-15-32-16-14-29-20-32/h3-5,7-12,14,16-17,19-20H,2,6,13,15H2,1H3,(H,30,34). The number of nitrogens with one attached hydrogen (secondary N) is 1. The monoisotopic (exact) mass is 466 g/mol. The molecule has 0 aliphatic carbocycles. The van der Waals surface area contributed by atoms with Gasteiger partial charge in [-0.3, -0.25) is 4.79 Å². The van der Waals surface area contributed by atoms with Crippen LogP contribution in [-0.2, 0) is 11.3 Å². The van der Waals surface area contributed by atoms with Crippen LogP contribution in [-0.4, -0.2) is 38.4 Å². The minimum absolute atomic E-state index is 0.0208. The van der Waals surface area contributed by atoms with Crippen LogP contribution in [0.1, 0.15) is 18.9 Å². The largest absolute Gasteiger partial charge is 0.494 e. The van der Waals surface area contributed by atoms with Crippen LogP contribution in [0.3, 0.4) is 0 Å². The average molecular weight is 467 g/mol. The predicted molar refractivity (Wildman–Crippen MR) is 134 cm³/mol. The maximum atomic E-state index is 12.7. The zero-order chi connectivity index (χ0) is 24.5. The maximum Gasteiger partial charge on any atom is 0.261 e. The summed E-state index contributed by atoms with van der Waals surface area (Å²) in [7, 11) is 0. The third kappa shape index (κ3) is 6.03. The van der Waals surface area contributed by atoms with Crippen molar-refractivity contribution in [1.82, 2.24) is 24.6 Å². The van der Waals surface area contributed by atoms with E-state index in [4.69, 9.17) is 9.84 Å². The van der Waals surface area contributed by atoms with E-state index in [2.05, 4.69) is 10.3 Å². The molecule has 1 N–H and O–H groups in total. The molecule has 0 spiro atoms. The van der Waals surface area contributed by atoms with Gasteiger partial charge in [0.2, 0.25) is 0 Å². The third-order valence-corrected chi connectivity index (χ3v) is 5.30. The fraction of sp³-hybridized carbons (Fsp3) is 0.185. The van der Waals surface area contributed by atoms with Gasteiger partial charge in [0.1, 0.15) is 17.4 Å². The van der Waals surface area contributed by atoms with E-state index < -0.39 is 5.91 Å².